The summed E-state index contributed by atoms with van der Waals surface area (Å²) in [7, 11) is 0. The number of ether oxygens (including phenoxy) is 3. The lowest BCUT2D eigenvalue weighted by molar-refractivity contribution is -0.227. The molecule has 3 heterocycles. The highest BCUT2D eigenvalue weighted by molar-refractivity contribution is 5.63. The summed E-state index contributed by atoms with van der Waals surface area (Å²) in [6, 6.07) is 2.61. The lowest BCUT2D eigenvalue weighted by Crippen LogP contribution is -2.39. The van der Waals surface area contributed by atoms with Crippen molar-refractivity contribution in [1.29, 1.82) is 0 Å². The molecule has 8 nitrogen and oxygen atoms in total. The van der Waals surface area contributed by atoms with E-state index in [4.69, 9.17) is 14.2 Å². The third-order valence-corrected chi connectivity index (χ3v) is 5.40. The lowest BCUT2D eigenvalue weighted by Gasteiger charge is -2.34. The highest BCUT2D eigenvalue weighted by Crippen LogP contribution is 2.33. The van der Waals surface area contributed by atoms with Gasteiger partial charge in [-0.3, -0.25) is 0 Å². The molecule has 0 aromatic carbocycles. The van der Waals surface area contributed by atoms with Gasteiger partial charge in [0.05, 0.1) is 38.6 Å². The zero-order chi connectivity index (χ0) is 21.3. The number of hydrogen-bond acceptors (Lipinski definition) is 7. The van der Waals surface area contributed by atoms with Crippen molar-refractivity contribution < 1.29 is 14.2 Å². The molecule has 0 unspecified atom stereocenters. The van der Waals surface area contributed by atoms with E-state index in [9.17, 15) is 0 Å². The van der Waals surface area contributed by atoms with Gasteiger partial charge in [0.25, 0.3) is 0 Å². The minimum atomic E-state index is -0.320. The Bertz CT molecular complexity index is 975. The van der Waals surface area contributed by atoms with E-state index in [1.807, 2.05) is 12.3 Å². The van der Waals surface area contributed by atoms with Gasteiger partial charge >= 0.3 is 0 Å². The van der Waals surface area contributed by atoms with Crippen molar-refractivity contribution >= 4 is 0 Å². The average molecular weight is 424 g/mol. The standard InChI is InChI=1S/C23H29N5O3/c1-23(2)14-29-21(30-15-23)13-28-12-19(26-27-28)22-20(31-18-7-8-18)10-16(11-25-22)4-3-9-24-17-5-6-17/h10-12,17-18,21,24H,5-9,13-15H2,1-2H3. The Kier molecular flexibility index (Phi) is 5.65. The molecule has 2 aromatic heterocycles. The van der Waals surface area contributed by atoms with E-state index in [2.05, 4.69) is 46.3 Å². The van der Waals surface area contributed by atoms with E-state index in [0.29, 0.717) is 49.5 Å². The van der Waals surface area contributed by atoms with Gasteiger partial charge in [0.1, 0.15) is 17.1 Å². The largest absolute Gasteiger partial charge is 0.488 e. The second-order valence-corrected chi connectivity index (χ2v) is 9.39. The molecule has 3 aliphatic rings. The molecule has 164 valence electrons. The molecule has 1 saturated heterocycles. The fourth-order valence-corrected chi connectivity index (χ4v) is 3.27. The summed E-state index contributed by atoms with van der Waals surface area (Å²) in [5.41, 5.74) is 2.24. The summed E-state index contributed by atoms with van der Waals surface area (Å²) in [6.45, 7) is 6.77. The molecule has 2 saturated carbocycles. The van der Waals surface area contributed by atoms with Gasteiger partial charge < -0.3 is 19.5 Å². The molecule has 3 fully saturated rings. The molecule has 1 aliphatic heterocycles. The average Bonchev–Trinajstić information content (AvgIpc) is 3.68. The van der Waals surface area contributed by atoms with E-state index in [0.717, 1.165) is 18.4 Å². The Morgan fingerprint density at radius 3 is 2.77 bits per heavy atom. The molecule has 0 atom stereocenters. The summed E-state index contributed by atoms with van der Waals surface area (Å²) in [5.74, 6) is 7.06. The number of nitrogens with zero attached hydrogens (tertiary/aromatic N) is 4. The molecule has 8 heteroatoms. The van der Waals surface area contributed by atoms with Crippen molar-refractivity contribution in [2.75, 3.05) is 19.8 Å². The Balaban J connectivity index is 1.28. The van der Waals surface area contributed by atoms with Crippen LogP contribution >= 0.6 is 0 Å². The normalized spacial score (nSPS) is 20.8. The van der Waals surface area contributed by atoms with Crippen LogP contribution in [0.5, 0.6) is 5.75 Å². The van der Waals surface area contributed by atoms with Crippen LogP contribution in [0.1, 0.15) is 45.1 Å². The zero-order valence-electron chi connectivity index (χ0n) is 18.1. The van der Waals surface area contributed by atoms with Gasteiger partial charge in [0.15, 0.2) is 6.29 Å². The van der Waals surface area contributed by atoms with E-state index >= 15 is 0 Å². The first-order chi connectivity index (χ1) is 15.0. The number of aromatic nitrogens is 4. The van der Waals surface area contributed by atoms with Crippen LogP contribution in [-0.4, -0.2) is 58.2 Å². The zero-order valence-corrected chi connectivity index (χ0v) is 18.1. The van der Waals surface area contributed by atoms with Crippen molar-refractivity contribution in [3.8, 4) is 29.0 Å². The fourth-order valence-electron chi connectivity index (χ4n) is 3.27. The topological polar surface area (TPSA) is 83.3 Å². The molecule has 31 heavy (non-hydrogen) atoms. The summed E-state index contributed by atoms with van der Waals surface area (Å²) in [4.78, 5) is 4.61. The van der Waals surface area contributed by atoms with Gasteiger partial charge in [-0.05, 0) is 31.7 Å². The Hall–Kier alpha value is -2.47. The number of rotatable bonds is 7. The molecule has 2 aliphatic carbocycles. The molecular weight excluding hydrogens is 394 g/mol. The van der Waals surface area contributed by atoms with E-state index < -0.39 is 0 Å². The van der Waals surface area contributed by atoms with Crippen LogP contribution in [-0.2, 0) is 16.0 Å². The van der Waals surface area contributed by atoms with Crippen LogP contribution in [0.2, 0.25) is 0 Å². The maximum absolute atomic E-state index is 6.12. The Morgan fingerprint density at radius 2 is 2.03 bits per heavy atom. The summed E-state index contributed by atoms with van der Waals surface area (Å²) >= 11 is 0. The number of hydrogen-bond donors (Lipinski definition) is 1. The predicted octanol–water partition coefficient (Wildman–Crippen LogP) is 2.38. The molecule has 0 amide bonds. The van der Waals surface area contributed by atoms with Crippen molar-refractivity contribution in [2.45, 2.75) is 64.5 Å². The molecule has 0 spiro atoms. The molecule has 0 radical (unpaired) electrons. The SMILES string of the molecule is CC1(C)COC(Cn2cc(-c3ncc(C#CCNC4CC4)cc3OC3CC3)nn2)OC1. The van der Waals surface area contributed by atoms with Crippen LogP contribution in [0.25, 0.3) is 11.4 Å². The van der Waals surface area contributed by atoms with Crippen LogP contribution in [0.15, 0.2) is 18.5 Å². The van der Waals surface area contributed by atoms with Gasteiger partial charge in [0, 0.05) is 23.2 Å². The second kappa shape index (κ2) is 8.58. The maximum atomic E-state index is 6.12. The minimum absolute atomic E-state index is 0.0433. The van der Waals surface area contributed by atoms with Crippen LogP contribution in [0.4, 0.5) is 0 Å². The fraction of sp³-hybridized carbons (Fsp3) is 0.609. The summed E-state index contributed by atoms with van der Waals surface area (Å²) < 4.78 is 19.5. The molecule has 5 rings (SSSR count). The first-order valence-electron chi connectivity index (χ1n) is 11.1. The van der Waals surface area contributed by atoms with Gasteiger partial charge in [-0.1, -0.05) is 30.9 Å². The van der Waals surface area contributed by atoms with Crippen LogP contribution in [0, 0.1) is 17.3 Å². The highest BCUT2D eigenvalue weighted by atomic mass is 16.7. The van der Waals surface area contributed by atoms with E-state index in [-0.39, 0.29) is 17.8 Å². The van der Waals surface area contributed by atoms with E-state index in [1.54, 1.807) is 10.9 Å². The molecule has 2 aromatic rings. The van der Waals surface area contributed by atoms with E-state index in [1.165, 1.54) is 12.8 Å². The smallest absolute Gasteiger partial charge is 0.177 e. The Morgan fingerprint density at radius 1 is 1.23 bits per heavy atom. The predicted molar refractivity (Wildman–Crippen MR) is 114 cm³/mol. The quantitative estimate of drug-likeness (QED) is 0.685. The summed E-state index contributed by atoms with van der Waals surface area (Å²) in [5, 5.41) is 11.9. The first-order valence-corrected chi connectivity index (χ1v) is 11.1. The minimum Gasteiger partial charge on any atom is -0.488 e. The third kappa shape index (κ3) is 5.62. The second-order valence-electron chi connectivity index (χ2n) is 9.39. The highest BCUT2D eigenvalue weighted by Gasteiger charge is 2.29. The Labute approximate surface area is 182 Å². The number of nitrogens with one attached hydrogen (secondary N) is 1. The van der Waals surface area contributed by atoms with Crippen LogP contribution < -0.4 is 10.1 Å². The lowest BCUT2D eigenvalue weighted by atomic mass is 9.96. The van der Waals surface area contributed by atoms with Crippen molar-refractivity contribution in [2.24, 2.45) is 5.41 Å². The van der Waals surface area contributed by atoms with Crippen LogP contribution in [0.3, 0.4) is 0 Å². The monoisotopic (exact) mass is 423 g/mol. The van der Waals surface area contributed by atoms with Crippen molar-refractivity contribution in [3.63, 3.8) is 0 Å². The summed E-state index contributed by atoms with van der Waals surface area (Å²) in [6.07, 6.45) is 8.22. The molecule has 0 bridgehead atoms. The van der Waals surface area contributed by atoms with Crippen molar-refractivity contribution in [3.05, 3.63) is 24.0 Å². The van der Waals surface area contributed by atoms with Gasteiger partial charge in [-0.15, -0.1) is 5.10 Å². The van der Waals surface area contributed by atoms with Gasteiger partial charge in [0.2, 0.25) is 0 Å². The van der Waals surface area contributed by atoms with Gasteiger partial charge in [-0.25, -0.2) is 9.67 Å². The molecular formula is C23H29N5O3. The maximum Gasteiger partial charge on any atom is 0.177 e. The van der Waals surface area contributed by atoms with Gasteiger partial charge in [-0.2, -0.15) is 0 Å². The number of pyridine rings is 1. The van der Waals surface area contributed by atoms with Crippen molar-refractivity contribution in [1.82, 2.24) is 25.3 Å². The first kappa shape index (κ1) is 20.4. The molecule has 1 N–H and O–H groups in total. The third-order valence-electron chi connectivity index (χ3n) is 5.40.